The molecule has 0 unspecified atom stereocenters. The van der Waals surface area contributed by atoms with Crippen molar-refractivity contribution in [2.24, 2.45) is 0 Å². The first-order valence-electron chi connectivity index (χ1n) is 7.56. The summed E-state index contributed by atoms with van der Waals surface area (Å²) in [6.07, 6.45) is 0.141. The van der Waals surface area contributed by atoms with Crippen LogP contribution >= 0.6 is 11.6 Å². The smallest absolute Gasteiger partial charge is 0.161 e. The zero-order valence-corrected chi connectivity index (χ0v) is 13.9. The average molecular weight is 334 g/mol. The van der Waals surface area contributed by atoms with Crippen molar-refractivity contribution in [3.05, 3.63) is 58.1 Å². The quantitative estimate of drug-likeness (QED) is 0.901. The Labute approximate surface area is 141 Å². The van der Waals surface area contributed by atoms with Gasteiger partial charge in [-0.15, -0.1) is 0 Å². The van der Waals surface area contributed by atoms with Crippen LogP contribution in [-0.2, 0) is 6.42 Å². The van der Waals surface area contributed by atoms with E-state index in [9.17, 15) is 5.11 Å². The summed E-state index contributed by atoms with van der Waals surface area (Å²) in [4.78, 5) is 0. The summed E-state index contributed by atoms with van der Waals surface area (Å²) in [5, 5.41) is 14.8. The third-order valence-electron chi connectivity index (χ3n) is 4.28. The Hall–Kier alpha value is -1.75. The van der Waals surface area contributed by atoms with Gasteiger partial charge in [-0.05, 0) is 42.3 Å². The predicted octanol–water partition coefficient (Wildman–Crippen LogP) is 3.28. The number of halogens is 1. The Kier molecular flexibility index (Phi) is 4.76. The molecule has 4 nitrogen and oxygen atoms in total. The molecule has 2 atom stereocenters. The topological polar surface area (TPSA) is 50.7 Å². The molecular formula is C18H20ClNO3. The fourth-order valence-electron chi connectivity index (χ4n) is 3.09. The molecule has 0 aliphatic carbocycles. The Morgan fingerprint density at radius 1 is 1.17 bits per heavy atom. The summed E-state index contributed by atoms with van der Waals surface area (Å²) in [6, 6.07) is 11.1. The second-order valence-electron chi connectivity index (χ2n) is 5.55. The maximum Gasteiger partial charge on any atom is 0.161 e. The highest BCUT2D eigenvalue weighted by Gasteiger charge is 2.30. The van der Waals surface area contributed by atoms with Crippen LogP contribution in [0.15, 0.2) is 36.4 Å². The normalized spacial score (nSPS) is 18.2. The molecule has 3 rings (SSSR count). The molecule has 0 amide bonds. The van der Waals surface area contributed by atoms with E-state index in [4.69, 9.17) is 21.1 Å². The van der Waals surface area contributed by atoms with E-state index in [0.29, 0.717) is 22.1 Å². The van der Waals surface area contributed by atoms with Crippen LogP contribution in [0.5, 0.6) is 11.5 Å². The molecule has 1 aliphatic rings. The molecule has 0 saturated heterocycles. The zero-order valence-electron chi connectivity index (χ0n) is 13.2. The Bertz CT molecular complexity index is 705. The number of aliphatic hydroxyl groups excluding tert-OH is 1. The Morgan fingerprint density at radius 3 is 2.57 bits per heavy atom. The van der Waals surface area contributed by atoms with Crippen molar-refractivity contribution in [3.8, 4) is 11.5 Å². The molecule has 0 saturated carbocycles. The summed E-state index contributed by atoms with van der Waals surface area (Å²) in [5.74, 6) is 1.37. The zero-order chi connectivity index (χ0) is 16.4. The molecule has 23 heavy (non-hydrogen) atoms. The van der Waals surface area contributed by atoms with E-state index in [2.05, 4.69) is 5.32 Å². The van der Waals surface area contributed by atoms with E-state index in [1.807, 2.05) is 30.3 Å². The second kappa shape index (κ2) is 6.79. The minimum atomic E-state index is -0.735. The van der Waals surface area contributed by atoms with Gasteiger partial charge in [0.15, 0.2) is 11.5 Å². The molecule has 2 N–H and O–H groups in total. The summed E-state index contributed by atoms with van der Waals surface area (Å²) < 4.78 is 10.8. The Balaban J connectivity index is 2.02. The molecule has 0 aromatic heterocycles. The molecule has 0 spiro atoms. The van der Waals surface area contributed by atoms with Gasteiger partial charge in [-0.2, -0.15) is 0 Å². The Morgan fingerprint density at radius 2 is 1.87 bits per heavy atom. The lowest BCUT2D eigenvalue weighted by atomic mass is 9.88. The third kappa shape index (κ3) is 3.02. The SMILES string of the molecule is COc1cc2c(cc1OC)[C@H]([C@H](O)c1ccccc1Cl)NCC2. The summed E-state index contributed by atoms with van der Waals surface area (Å²) >= 11 is 6.24. The molecule has 0 radical (unpaired) electrons. The van der Waals surface area contributed by atoms with Gasteiger partial charge in [0.2, 0.25) is 0 Å². The highest BCUT2D eigenvalue weighted by molar-refractivity contribution is 6.31. The van der Waals surface area contributed by atoms with E-state index < -0.39 is 6.10 Å². The van der Waals surface area contributed by atoms with E-state index in [1.165, 1.54) is 0 Å². The minimum Gasteiger partial charge on any atom is -0.493 e. The largest absolute Gasteiger partial charge is 0.493 e. The number of aliphatic hydroxyl groups is 1. The van der Waals surface area contributed by atoms with Crippen LogP contribution in [0.1, 0.15) is 28.8 Å². The minimum absolute atomic E-state index is 0.238. The van der Waals surface area contributed by atoms with Crippen molar-refractivity contribution in [2.45, 2.75) is 18.6 Å². The third-order valence-corrected chi connectivity index (χ3v) is 4.62. The van der Waals surface area contributed by atoms with Gasteiger partial charge in [0, 0.05) is 10.6 Å². The van der Waals surface area contributed by atoms with E-state index in [-0.39, 0.29) is 6.04 Å². The van der Waals surface area contributed by atoms with Gasteiger partial charge >= 0.3 is 0 Å². The van der Waals surface area contributed by atoms with E-state index in [1.54, 1.807) is 20.3 Å². The van der Waals surface area contributed by atoms with Crippen molar-refractivity contribution in [1.82, 2.24) is 5.32 Å². The van der Waals surface area contributed by atoms with Crippen LogP contribution in [0, 0.1) is 0 Å². The van der Waals surface area contributed by atoms with Gasteiger partial charge in [-0.1, -0.05) is 29.8 Å². The second-order valence-corrected chi connectivity index (χ2v) is 5.96. The molecule has 2 aromatic carbocycles. The monoisotopic (exact) mass is 333 g/mol. The van der Waals surface area contributed by atoms with Gasteiger partial charge in [-0.25, -0.2) is 0 Å². The maximum atomic E-state index is 10.8. The van der Waals surface area contributed by atoms with Crippen LogP contribution in [0.25, 0.3) is 0 Å². The van der Waals surface area contributed by atoms with Gasteiger partial charge in [0.25, 0.3) is 0 Å². The van der Waals surface area contributed by atoms with Crippen molar-refractivity contribution >= 4 is 11.6 Å². The number of rotatable bonds is 4. The number of nitrogens with one attached hydrogen (secondary N) is 1. The number of fused-ring (bicyclic) bond motifs is 1. The van der Waals surface area contributed by atoms with Crippen molar-refractivity contribution in [2.75, 3.05) is 20.8 Å². The predicted molar refractivity (Wildman–Crippen MR) is 90.4 cm³/mol. The molecule has 0 bridgehead atoms. The number of hydrogen-bond acceptors (Lipinski definition) is 4. The lowest BCUT2D eigenvalue weighted by molar-refractivity contribution is 0.125. The fraction of sp³-hybridized carbons (Fsp3) is 0.333. The lowest BCUT2D eigenvalue weighted by Gasteiger charge is -2.32. The number of methoxy groups -OCH3 is 2. The molecule has 5 heteroatoms. The van der Waals surface area contributed by atoms with Crippen molar-refractivity contribution in [3.63, 3.8) is 0 Å². The first-order valence-corrected chi connectivity index (χ1v) is 7.94. The van der Waals surface area contributed by atoms with Crippen LogP contribution in [-0.4, -0.2) is 25.9 Å². The van der Waals surface area contributed by atoms with Crippen LogP contribution in [0.2, 0.25) is 5.02 Å². The van der Waals surface area contributed by atoms with Crippen LogP contribution in [0.4, 0.5) is 0 Å². The average Bonchev–Trinajstić information content (AvgIpc) is 2.59. The molecule has 122 valence electrons. The van der Waals surface area contributed by atoms with Gasteiger partial charge in [-0.3, -0.25) is 0 Å². The molecular weight excluding hydrogens is 314 g/mol. The number of benzene rings is 2. The fourth-order valence-corrected chi connectivity index (χ4v) is 3.34. The highest BCUT2D eigenvalue weighted by Crippen LogP contribution is 2.40. The van der Waals surface area contributed by atoms with Gasteiger partial charge in [0.05, 0.1) is 26.4 Å². The number of hydrogen-bond donors (Lipinski definition) is 2. The first-order chi connectivity index (χ1) is 11.2. The maximum absolute atomic E-state index is 10.8. The van der Waals surface area contributed by atoms with Gasteiger partial charge in [0.1, 0.15) is 0 Å². The van der Waals surface area contributed by atoms with E-state index >= 15 is 0 Å². The first kappa shape index (κ1) is 16.1. The standard InChI is InChI=1S/C18H20ClNO3/c1-22-15-9-11-7-8-20-17(13(11)10-16(15)23-2)18(21)12-5-3-4-6-14(12)19/h3-6,9-10,17-18,20-21H,7-8H2,1-2H3/t17-,18-/m1/s1. The molecule has 1 aliphatic heterocycles. The van der Waals surface area contributed by atoms with E-state index in [0.717, 1.165) is 24.1 Å². The van der Waals surface area contributed by atoms with Crippen LogP contribution < -0.4 is 14.8 Å². The summed E-state index contributed by atoms with van der Waals surface area (Å²) in [7, 11) is 3.24. The lowest BCUT2D eigenvalue weighted by Crippen LogP contribution is -2.34. The van der Waals surface area contributed by atoms with Crippen molar-refractivity contribution in [1.29, 1.82) is 0 Å². The molecule has 1 heterocycles. The molecule has 0 fully saturated rings. The summed E-state index contributed by atoms with van der Waals surface area (Å²) in [5.41, 5.74) is 2.88. The van der Waals surface area contributed by atoms with Crippen molar-refractivity contribution < 1.29 is 14.6 Å². The van der Waals surface area contributed by atoms with Gasteiger partial charge < -0.3 is 19.9 Å². The number of ether oxygens (including phenoxy) is 2. The summed E-state index contributed by atoms with van der Waals surface area (Å²) in [6.45, 7) is 0.786. The highest BCUT2D eigenvalue weighted by atomic mass is 35.5. The molecule has 2 aromatic rings. The van der Waals surface area contributed by atoms with Crippen LogP contribution in [0.3, 0.4) is 0 Å².